The summed E-state index contributed by atoms with van der Waals surface area (Å²) < 4.78 is 0. The zero-order valence-corrected chi connectivity index (χ0v) is 12.2. The van der Waals surface area contributed by atoms with Gasteiger partial charge in [0.25, 0.3) is 0 Å². The van der Waals surface area contributed by atoms with E-state index in [-0.39, 0.29) is 18.4 Å². The zero-order chi connectivity index (χ0) is 14.1. The van der Waals surface area contributed by atoms with Crippen molar-refractivity contribution in [1.29, 1.82) is 0 Å². The summed E-state index contributed by atoms with van der Waals surface area (Å²) >= 11 is 0. The Bertz CT molecular complexity index is 299. The molecular formula is C14H27N3O2. The monoisotopic (exact) mass is 269 g/mol. The van der Waals surface area contributed by atoms with Crippen LogP contribution in [-0.4, -0.2) is 37.0 Å². The maximum atomic E-state index is 11.9. The maximum absolute atomic E-state index is 11.9. The summed E-state index contributed by atoms with van der Waals surface area (Å²) in [5.41, 5.74) is -0.499. The molecule has 1 saturated heterocycles. The lowest BCUT2D eigenvalue weighted by molar-refractivity contribution is -0.129. The Kier molecular flexibility index (Phi) is 6.84. The van der Waals surface area contributed by atoms with Crippen LogP contribution in [0.2, 0.25) is 0 Å². The van der Waals surface area contributed by atoms with Crippen LogP contribution in [-0.2, 0) is 9.59 Å². The molecule has 0 aliphatic carbocycles. The maximum Gasteiger partial charge on any atom is 0.240 e. The van der Waals surface area contributed by atoms with Crippen LogP contribution in [0, 0.1) is 0 Å². The lowest BCUT2D eigenvalue weighted by Crippen LogP contribution is -2.53. The molecule has 1 rings (SSSR count). The lowest BCUT2D eigenvalue weighted by Gasteiger charge is -2.22. The van der Waals surface area contributed by atoms with Crippen molar-refractivity contribution in [3.05, 3.63) is 0 Å². The minimum atomic E-state index is -0.499. The van der Waals surface area contributed by atoms with Crippen molar-refractivity contribution in [3.63, 3.8) is 0 Å². The molecule has 19 heavy (non-hydrogen) atoms. The lowest BCUT2D eigenvalue weighted by atomic mass is 9.99. The SMILES string of the molecule is CCCCCCNC(=O)CNC(=O)C1(C)CCCN1. The van der Waals surface area contributed by atoms with Crippen molar-refractivity contribution in [2.75, 3.05) is 19.6 Å². The number of hydrogen-bond acceptors (Lipinski definition) is 3. The molecule has 5 heteroatoms. The van der Waals surface area contributed by atoms with Crippen molar-refractivity contribution < 1.29 is 9.59 Å². The van der Waals surface area contributed by atoms with Gasteiger partial charge in [-0.3, -0.25) is 9.59 Å². The van der Waals surface area contributed by atoms with Gasteiger partial charge in [-0.25, -0.2) is 0 Å². The number of carbonyl (C=O) groups excluding carboxylic acids is 2. The second kappa shape index (κ2) is 8.15. The van der Waals surface area contributed by atoms with Crippen molar-refractivity contribution in [1.82, 2.24) is 16.0 Å². The van der Waals surface area contributed by atoms with E-state index in [2.05, 4.69) is 22.9 Å². The van der Waals surface area contributed by atoms with Gasteiger partial charge in [0.2, 0.25) is 11.8 Å². The Morgan fingerprint density at radius 3 is 2.63 bits per heavy atom. The van der Waals surface area contributed by atoms with Crippen molar-refractivity contribution in [2.24, 2.45) is 0 Å². The molecule has 0 aromatic heterocycles. The standard InChI is InChI=1S/C14H27N3O2/c1-3-4-5-6-9-15-12(18)11-16-13(19)14(2)8-7-10-17-14/h17H,3-11H2,1-2H3,(H,15,18)(H,16,19). The average molecular weight is 269 g/mol. The predicted molar refractivity (Wildman–Crippen MR) is 75.8 cm³/mol. The van der Waals surface area contributed by atoms with Gasteiger partial charge in [0.05, 0.1) is 12.1 Å². The average Bonchev–Trinajstić information content (AvgIpc) is 2.84. The summed E-state index contributed by atoms with van der Waals surface area (Å²) in [6.07, 6.45) is 6.38. The minimum Gasteiger partial charge on any atom is -0.355 e. The highest BCUT2D eigenvalue weighted by atomic mass is 16.2. The molecule has 1 heterocycles. The van der Waals surface area contributed by atoms with E-state index in [1.807, 2.05) is 6.92 Å². The molecular weight excluding hydrogens is 242 g/mol. The molecule has 110 valence electrons. The Balaban J connectivity index is 2.11. The summed E-state index contributed by atoms with van der Waals surface area (Å²) in [7, 11) is 0. The molecule has 1 aliphatic rings. The predicted octanol–water partition coefficient (Wildman–Crippen LogP) is 0.941. The summed E-state index contributed by atoms with van der Waals surface area (Å²) in [5, 5.41) is 8.71. The van der Waals surface area contributed by atoms with Gasteiger partial charge in [0.1, 0.15) is 0 Å². The van der Waals surface area contributed by atoms with Crippen LogP contribution in [0.15, 0.2) is 0 Å². The molecule has 1 fully saturated rings. The normalized spacial score (nSPS) is 22.2. The van der Waals surface area contributed by atoms with Crippen LogP contribution >= 0.6 is 0 Å². The van der Waals surface area contributed by atoms with Crippen LogP contribution in [0.5, 0.6) is 0 Å². The summed E-state index contributed by atoms with van der Waals surface area (Å²) in [6, 6.07) is 0. The molecule has 0 aromatic carbocycles. The van der Waals surface area contributed by atoms with Crippen LogP contribution in [0.1, 0.15) is 52.4 Å². The first kappa shape index (κ1) is 16.0. The van der Waals surface area contributed by atoms with Gasteiger partial charge in [0.15, 0.2) is 0 Å². The molecule has 0 spiro atoms. The summed E-state index contributed by atoms with van der Waals surface area (Å²) in [4.78, 5) is 23.5. The summed E-state index contributed by atoms with van der Waals surface area (Å²) in [6.45, 7) is 5.69. The first-order valence-electron chi connectivity index (χ1n) is 7.38. The second-order valence-corrected chi connectivity index (χ2v) is 5.46. The second-order valence-electron chi connectivity index (χ2n) is 5.46. The fraction of sp³-hybridized carbons (Fsp3) is 0.857. The fourth-order valence-corrected chi connectivity index (χ4v) is 2.29. The number of rotatable bonds is 8. The highest BCUT2D eigenvalue weighted by Crippen LogP contribution is 2.18. The molecule has 1 unspecified atom stereocenters. The third-order valence-electron chi connectivity index (χ3n) is 3.63. The molecule has 0 aromatic rings. The Hall–Kier alpha value is -1.10. The van der Waals surface area contributed by atoms with Gasteiger partial charge in [-0.15, -0.1) is 0 Å². The first-order valence-corrected chi connectivity index (χ1v) is 7.38. The number of hydrogen-bond donors (Lipinski definition) is 3. The molecule has 3 N–H and O–H groups in total. The first-order chi connectivity index (χ1) is 9.08. The molecule has 1 aliphatic heterocycles. The molecule has 5 nitrogen and oxygen atoms in total. The van der Waals surface area contributed by atoms with Gasteiger partial charge in [-0.2, -0.15) is 0 Å². The minimum absolute atomic E-state index is 0.0733. The third-order valence-corrected chi connectivity index (χ3v) is 3.63. The van der Waals surface area contributed by atoms with E-state index in [1.165, 1.54) is 12.8 Å². The van der Waals surface area contributed by atoms with Crippen LogP contribution in [0.25, 0.3) is 0 Å². The van der Waals surface area contributed by atoms with Crippen LogP contribution in [0.4, 0.5) is 0 Å². The molecule has 2 amide bonds. The molecule has 0 radical (unpaired) electrons. The summed E-state index contributed by atoms with van der Waals surface area (Å²) in [5.74, 6) is -0.183. The van der Waals surface area contributed by atoms with Crippen LogP contribution < -0.4 is 16.0 Å². The van der Waals surface area contributed by atoms with Gasteiger partial charge in [-0.1, -0.05) is 26.2 Å². The van der Waals surface area contributed by atoms with Gasteiger partial charge in [0, 0.05) is 6.54 Å². The Morgan fingerprint density at radius 1 is 1.21 bits per heavy atom. The Morgan fingerprint density at radius 2 is 2.00 bits per heavy atom. The number of unbranched alkanes of at least 4 members (excludes halogenated alkanes) is 3. The van der Waals surface area contributed by atoms with E-state index in [9.17, 15) is 9.59 Å². The van der Waals surface area contributed by atoms with E-state index in [1.54, 1.807) is 0 Å². The van der Waals surface area contributed by atoms with E-state index in [0.29, 0.717) is 6.54 Å². The quantitative estimate of drug-likeness (QED) is 0.574. The third kappa shape index (κ3) is 5.59. The van der Waals surface area contributed by atoms with Crippen LogP contribution in [0.3, 0.4) is 0 Å². The largest absolute Gasteiger partial charge is 0.355 e. The van der Waals surface area contributed by atoms with Gasteiger partial charge in [-0.05, 0) is 32.7 Å². The highest BCUT2D eigenvalue weighted by Gasteiger charge is 2.35. The molecule has 1 atom stereocenters. The van der Waals surface area contributed by atoms with Crippen molar-refractivity contribution in [3.8, 4) is 0 Å². The van der Waals surface area contributed by atoms with E-state index in [0.717, 1.165) is 32.2 Å². The number of amides is 2. The Labute approximate surface area is 115 Å². The fourth-order valence-electron chi connectivity index (χ4n) is 2.29. The molecule has 0 saturated carbocycles. The van der Waals surface area contributed by atoms with E-state index < -0.39 is 5.54 Å². The van der Waals surface area contributed by atoms with Crippen molar-refractivity contribution in [2.45, 2.75) is 57.9 Å². The van der Waals surface area contributed by atoms with Crippen molar-refractivity contribution >= 4 is 11.8 Å². The van der Waals surface area contributed by atoms with Gasteiger partial charge >= 0.3 is 0 Å². The highest BCUT2D eigenvalue weighted by molar-refractivity contribution is 5.90. The van der Waals surface area contributed by atoms with E-state index >= 15 is 0 Å². The number of carbonyl (C=O) groups is 2. The zero-order valence-electron chi connectivity index (χ0n) is 12.2. The van der Waals surface area contributed by atoms with Gasteiger partial charge < -0.3 is 16.0 Å². The topological polar surface area (TPSA) is 70.2 Å². The number of nitrogens with one attached hydrogen (secondary N) is 3. The van der Waals surface area contributed by atoms with E-state index in [4.69, 9.17) is 0 Å². The smallest absolute Gasteiger partial charge is 0.240 e. The molecule has 0 bridgehead atoms.